The van der Waals surface area contributed by atoms with Crippen LogP contribution in [0.5, 0.6) is 0 Å². The van der Waals surface area contributed by atoms with E-state index in [1.54, 1.807) is 0 Å². The van der Waals surface area contributed by atoms with Crippen LogP contribution in [0.4, 0.5) is 28.2 Å². The fraction of sp³-hybridized carbons (Fsp3) is 0.300. The van der Waals surface area contributed by atoms with Crippen LogP contribution in [0.1, 0.15) is 35.3 Å². The van der Waals surface area contributed by atoms with Gasteiger partial charge in [0.15, 0.2) is 27.3 Å². The zero-order chi connectivity index (χ0) is 26.0. The minimum Gasteiger partial charge on any atom is -0.386 e. The van der Waals surface area contributed by atoms with E-state index < -0.39 is 70.9 Å². The number of hydrogen-bond acceptors (Lipinski definition) is 5. The van der Waals surface area contributed by atoms with Gasteiger partial charge in [-0.2, -0.15) is 0 Å². The number of nitrogens with zero attached hydrogens (tertiary/aromatic N) is 1. The number of aliphatic imine (C=N–C) groups is 1. The Bertz CT molecular complexity index is 1330. The summed E-state index contributed by atoms with van der Waals surface area (Å²) in [6.45, 7) is 2.52. The maximum Gasteiger partial charge on any atom is 0.310 e. The van der Waals surface area contributed by atoms with Gasteiger partial charge in [0, 0.05) is 17.5 Å². The molecular weight excluding hydrogens is 513 g/mol. The van der Waals surface area contributed by atoms with Crippen LogP contribution < -0.4 is 5.73 Å². The number of hydrogen-bond donors (Lipinski definition) is 1. The Morgan fingerprint density at radius 2 is 1.68 bits per heavy atom. The molecule has 5 nitrogen and oxygen atoms in total. The van der Waals surface area contributed by atoms with Crippen molar-refractivity contribution in [1.82, 2.24) is 0 Å². The summed E-state index contributed by atoms with van der Waals surface area (Å²) in [6, 6.07) is 2.92. The summed E-state index contributed by atoms with van der Waals surface area (Å²) in [5, 5.41) is -1.13. The number of rotatable bonds is 5. The number of nitrogens with two attached hydrogens (primary N) is 1. The summed E-state index contributed by atoms with van der Waals surface area (Å²) in [4.78, 5) is 14.3. The highest BCUT2D eigenvalue weighted by molar-refractivity contribution is 8.45. The lowest BCUT2D eigenvalue weighted by Gasteiger charge is -2.40. The van der Waals surface area contributed by atoms with E-state index in [0.717, 1.165) is 6.07 Å². The first-order valence-corrected chi connectivity index (χ1v) is 13.2. The molecule has 2 N–H and O–H groups in total. The van der Waals surface area contributed by atoms with Crippen LogP contribution >= 0.6 is 10.2 Å². The van der Waals surface area contributed by atoms with E-state index in [9.17, 15) is 41.4 Å². The molecule has 0 radical (unpaired) electrons. The minimum absolute atomic E-state index is 0.0675. The summed E-state index contributed by atoms with van der Waals surface area (Å²) in [5.74, 6) is -4.68. The Morgan fingerprint density at radius 1 is 1.12 bits per heavy atom. The zero-order valence-electron chi connectivity index (χ0n) is 17.7. The van der Waals surface area contributed by atoms with Crippen molar-refractivity contribution in [3.05, 3.63) is 64.7 Å². The van der Waals surface area contributed by atoms with Crippen molar-refractivity contribution in [3.8, 4) is 0 Å². The molecule has 1 aliphatic heterocycles. The minimum atomic E-state index is -9.92. The molecule has 1 heterocycles. The Kier molecular flexibility index (Phi) is 5.50. The van der Waals surface area contributed by atoms with Crippen LogP contribution in [0.2, 0.25) is 0 Å². The number of halogens is 7. The summed E-state index contributed by atoms with van der Waals surface area (Å²) < 4.78 is 118. The summed E-state index contributed by atoms with van der Waals surface area (Å²) >= 11 is 0. The summed E-state index contributed by atoms with van der Waals surface area (Å²) in [7, 11) is -13.8. The molecule has 34 heavy (non-hydrogen) atoms. The molecule has 0 saturated heterocycles. The predicted molar refractivity (Wildman–Crippen MR) is 114 cm³/mol. The second kappa shape index (κ2) is 7.20. The number of carbonyl (C=O) groups is 1. The molecule has 2 atom stereocenters. The van der Waals surface area contributed by atoms with Gasteiger partial charge in [0.1, 0.15) is 21.5 Å². The lowest BCUT2D eigenvalue weighted by Crippen LogP contribution is -2.47. The molecule has 0 aromatic heterocycles. The molecule has 0 amide bonds. The van der Waals surface area contributed by atoms with Gasteiger partial charge in [-0.05, 0) is 55.8 Å². The highest BCUT2D eigenvalue weighted by Gasteiger charge is 2.65. The highest BCUT2D eigenvalue weighted by Crippen LogP contribution is 3.02. The third-order valence-corrected chi connectivity index (χ3v) is 8.91. The standard InChI is InChI=1S/C20H19F7N2O3S2/c1-11-19(28)29-20(2,10-33(11,31)32)15-7-12(8-16(21)18(15)22)9-17(30)13-3-5-14(6-4-13)34(23,24,25,26)27/h3-8,11H,9-10H2,1-2H3,(H2,28,29)/t11?,20-/m0/s1. The molecule has 0 spiro atoms. The van der Waals surface area contributed by atoms with Crippen LogP contribution in [0.25, 0.3) is 0 Å². The third-order valence-electron chi connectivity index (χ3n) is 5.47. The first-order chi connectivity index (χ1) is 15.1. The fourth-order valence-electron chi connectivity index (χ4n) is 3.57. The molecule has 1 unspecified atom stereocenters. The Labute approximate surface area is 190 Å². The first kappa shape index (κ1) is 26.0. The van der Waals surface area contributed by atoms with Gasteiger partial charge in [0.05, 0.1) is 5.75 Å². The van der Waals surface area contributed by atoms with Crippen molar-refractivity contribution in [2.75, 3.05) is 5.75 Å². The summed E-state index contributed by atoms with van der Waals surface area (Å²) in [5.41, 5.74) is 2.88. The smallest absolute Gasteiger partial charge is 0.310 e. The normalized spacial score (nSPS) is 24.6. The number of sulfone groups is 1. The molecule has 14 heteroatoms. The molecule has 0 aliphatic carbocycles. The van der Waals surface area contributed by atoms with Crippen molar-refractivity contribution in [1.29, 1.82) is 0 Å². The largest absolute Gasteiger partial charge is 0.386 e. The topological polar surface area (TPSA) is 89.6 Å². The molecule has 2 aromatic rings. The molecular formula is C20H19F7N2O3S2. The second-order valence-corrected chi connectivity index (χ2v) is 13.0. The molecule has 2 aromatic carbocycles. The molecule has 0 fully saturated rings. The van der Waals surface area contributed by atoms with Crippen molar-refractivity contribution in [2.24, 2.45) is 10.7 Å². The fourth-order valence-corrected chi connectivity index (χ4v) is 5.90. The maximum absolute atomic E-state index is 14.6. The van der Waals surface area contributed by atoms with Gasteiger partial charge < -0.3 is 5.73 Å². The SMILES string of the molecule is CC1C(N)=N[C@](C)(c2cc(CC(=O)c3ccc(S(F)(F)(F)(F)F)cc3)cc(F)c2F)CS1(=O)=O. The lowest BCUT2D eigenvalue weighted by atomic mass is 9.90. The van der Waals surface area contributed by atoms with E-state index in [1.165, 1.54) is 13.8 Å². The van der Waals surface area contributed by atoms with Crippen molar-refractivity contribution in [3.63, 3.8) is 0 Å². The van der Waals surface area contributed by atoms with E-state index in [4.69, 9.17) is 5.73 Å². The van der Waals surface area contributed by atoms with Gasteiger partial charge in [-0.1, -0.05) is 19.4 Å². The maximum atomic E-state index is 14.6. The number of Topliss-reactive ketones (excluding diaryl/α,β-unsaturated/α-hetero) is 1. The number of amidine groups is 1. The molecule has 3 rings (SSSR count). The molecule has 0 bridgehead atoms. The number of carbonyl (C=O) groups excluding carboxylic acids is 1. The molecule has 188 valence electrons. The van der Waals surface area contributed by atoms with E-state index in [-0.39, 0.29) is 29.1 Å². The second-order valence-electron chi connectivity index (χ2n) is 8.29. The predicted octanol–water partition coefficient (Wildman–Crippen LogP) is 5.44. The average molecular weight is 533 g/mol. The van der Waals surface area contributed by atoms with Gasteiger partial charge in [0.2, 0.25) is 0 Å². The van der Waals surface area contributed by atoms with Crippen molar-refractivity contribution in [2.45, 2.75) is 36.0 Å². The van der Waals surface area contributed by atoms with Crippen molar-refractivity contribution >= 4 is 31.7 Å². The Balaban J connectivity index is 1.97. The van der Waals surface area contributed by atoms with Crippen LogP contribution in [-0.4, -0.2) is 31.0 Å². The van der Waals surface area contributed by atoms with E-state index in [0.29, 0.717) is 18.2 Å². The number of ketones is 1. The van der Waals surface area contributed by atoms with Crippen molar-refractivity contribution < 1.29 is 41.4 Å². The average Bonchev–Trinajstić information content (AvgIpc) is 2.66. The van der Waals surface area contributed by atoms with Crippen LogP contribution in [-0.2, 0) is 21.8 Å². The zero-order valence-corrected chi connectivity index (χ0v) is 19.3. The Hall–Kier alpha value is -2.61. The van der Waals surface area contributed by atoms with E-state index >= 15 is 0 Å². The summed E-state index contributed by atoms with van der Waals surface area (Å²) in [6.07, 6.45) is -0.640. The van der Waals surface area contributed by atoms with Gasteiger partial charge in [-0.25, -0.2) is 17.2 Å². The van der Waals surface area contributed by atoms with Gasteiger partial charge in [-0.3, -0.25) is 9.79 Å². The third kappa shape index (κ3) is 5.06. The van der Waals surface area contributed by atoms with Crippen LogP contribution in [0, 0.1) is 11.6 Å². The van der Waals surface area contributed by atoms with Gasteiger partial charge in [0.25, 0.3) is 0 Å². The monoisotopic (exact) mass is 532 g/mol. The van der Waals surface area contributed by atoms with Gasteiger partial charge >= 0.3 is 10.2 Å². The quantitative estimate of drug-likeness (QED) is 0.411. The van der Waals surface area contributed by atoms with Gasteiger partial charge in [-0.15, -0.1) is 0 Å². The van der Waals surface area contributed by atoms with Crippen LogP contribution in [0.15, 0.2) is 46.3 Å². The Morgan fingerprint density at radius 3 is 2.18 bits per heavy atom. The molecule has 0 saturated carbocycles. The lowest BCUT2D eigenvalue weighted by molar-refractivity contribution is 0.0992. The first-order valence-electron chi connectivity index (χ1n) is 9.55. The van der Waals surface area contributed by atoms with Crippen LogP contribution in [0.3, 0.4) is 0 Å². The highest BCUT2D eigenvalue weighted by atomic mass is 32.5. The molecule has 1 aliphatic rings. The van der Waals surface area contributed by atoms with E-state index in [2.05, 4.69) is 4.99 Å². The van der Waals surface area contributed by atoms with E-state index in [1.807, 2.05) is 0 Å². The number of benzene rings is 2.